The van der Waals surface area contributed by atoms with Crippen molar-refractivity contribution < 1.29 is 28.8 Å². The zero-order valence-corrected chi connectivity index (χ0v) is 27.5. The molecule has 248 valence electrons. The summed E-state index contributed by atoms with van der Waals surface area (Å²) in [4.78, 5) is 21.0. The average Bonchev–Trinajstić information content (AvgIpc) is 3.09. The Morgan fingerprint density at radius 2 is 0.891 bits per heavy atom. The van der Waals surface area contributed by atoms with Crippen molar-refractivity contribution in [1.82, 2.24) is 0 Å². The largest absolute Gasteiger partial charge is 0.494 e. The van der Waals surface area contributed by atoms with Crippen LogP contribution in [0.15, 0.2) is 98.1 Å². The second-order valence-corrected chi connectivity index (χ2v) is 11.4. The van der Waals surface area contributed by atoms with Crippen LogP contribution in [-0.4, -0.2) is 39.0 Å². The normalized spacial score (nSPS) is 10.8. The molecule has 46 heavy (non-hydrogen) atoms. The molecule has 0 atom stereocenters. The molecular formula is C40H52O6. The van der Waals surface area contributed by atoms with Gasteiger partial charge in [0.25, 0.3) is 0 Å². The molecule has 6 heteroatoms. The number of aryl methyl sites for hydroxylation is 4. The van der Waals surface area contributed by atoms with Crippen LogP contribution in [0.1, 0.15) is 73.6 Å². The Kier molecular flexibility index (Phi) is 18.7. The second kappa shape index (κ2) is 23.5. The van der Waals surface area contributed by atoms with E-state index in [0.717, 1.165) is 95.2 Å². The van der Waals surface area contributed by atoms with Gasteiger partial charge in [0, 0.05) is 6.08 Å². The van der Waals surface area contributed by atoms with E-state index in [4.69, 9.17) is 24.0 Å². The Labute approximate surface area is 276 Å². The van der Waals surface area contributed by atoms with E-state index in [2.05, 4.69) is 86.0 Å². The molecule has 0 heterocycles. The van der Waals surface area contributed by atoms with Crippen molar-refractivity contribution in [2.24, 2.45) is 0 Å². The number of carbonyl (C=O) groups excluding carboxylic acids is 1. The van der Waals surface area contributed by atoms with Gasteiger partial charge >= 0.3 is 5.97 Å². The van der Waals surface area contributed by atoms with Crippen molar-refractivity contribution in [2.45, 2.75) is 77.0 Å². The van der Waals surface area contributed by atoms with Crippen molar-refractivity contribution in [3.8, 4) is 11.5 Å². The molecule has 6 nitrogen and oxygen atoms in total. The highest BCUT2D eigenvalue weighted by Gasteiger charge is 2.02. The van der Waals surface area contributed by atoms with Gasteiger partial charge in [-0.3, -0.25) is 0 Å². The van der Waals surface area contributed by atoms with Crippen LogP contribution in [0, 0.1) is 0 Å². The lowest BCUT2D eigenvalue weighted by atomic mass is 10.0. The lowest BCUT2D eigenvalue weighted by Crippen LogP contribution is -2.02. The van der Waals surface area contributed by atoms with Gasteiger partial charge in [-0.2, -0.15) is 0 Å². The maximum absolute atomic E-state index is 11.0. The summed E-state index contributed by atoms with van der Waals surface area (Å²) in [7, 11) is 0. The topological polar surface area (TPSA) is 63.2 Å². The van der Waals surface area contributed by atoms with Gasteiger partial charge in [0.15, 0.2) is 0 Å². The molecule has 3 aromatic rings. The predicted octanol–water partition coefficient (Wildman–Crippen LogP) is 9.00. The lowest BCUT2D eigenvalue weighted by molar-refractivity contribution is -0.286. The number of hydrogen-bond donors (Lipinski definition) is 0. The van der Waals surface area contributed by atoms with Crippen LogP contribution in [-0.2, 0) is 45.0 Å². The minimum absolute atomic E-state index is 0.353. The van der Waals surface area contributed by atoms with E-state index >= 15 is 0 Å². The first-order valence-corrected chi connectivity index (χ1v) is 16.8. The van der Waals surface area contributed by atoms with Gasteiger partial charge in [-0.05, 0) is 117 Å². The van der Waals surface area contributed by atoms with E-state index in [9.17, 15) is 4.79 Å². The summed E-state index contributed by atoms with van der Waals surface area (Å²) in [5.74, 6) is 1.49. The molecule has 0 unspecified atom stereocenters. The number of esters is 1. The quantitative estimate of drug-likeness (QED) is 0.0221. The highest BCUT2D eigenvalue weighted by atomic mass is 17.2. The number of hydrogen-bond acceptors (Lipinski definition) is 6. The van der Waals surface area contributed by atoms with Gasteiger partial charge in [0.1, 0.15) is 18.1 Å². The Morgan fingerprint density at radius 1 is 0.500 bits per heavy atom. The van der Waals surface area contributed by atoms with E-state index in [1.807, 2.05) is 0 Å². The second-order valence-electron chi connectivity index (χ2n) is 11.4. The fourth-order valence-corrected chi connectivity index (χ4v) is 4.90. The minimum Gasteiger partial charge on any atom is -0.494 e. The molecule has 0 aliphatic rings. The fourth-order valence-electron chi connectivity index (χ4n) is 4.90. The van der Waals surface area contributed by atoms with Gasteiger partial charge in [0.2, 0.25) is 0 Å². The van der Waals surface area contributed by atoms with Gasteiger partial charge in [-0.25, -0.2) is 14.6 Å². The summed E-state index contributed by atoms with van der Waals surface area (Å²) in [5.41, 5.74) is 5.36. The van der Waals surface area contributed by atoms with Gasteiger partial charge in [-0.1, -0.05) is 67.6 Å². The van der Waals surface area contributed by atoms with Crippen LogP contribution in [0.2, 0.25) is 0 Å². The molecule has 0 N–H and O–H groups in total. The van der Waals surface area contributed by atoms with Crippen LogP contribution in [0.3, 0.4) is 0 Å². The zero-order valence-electron chi connectivity index (χ0n) is 27.5. The van der Waals surface area contributed by atoms with E-state index in [1.54, 1.807) is 6.08 Å². The SMILES string of the molecule is C=CCOOCCCCCCOc1ccc(CCc2ccc(CCc3ccc(OCCCCCCOC(=O)C=C)cc3)cc2)cc1. The molecule has 0 fully saturated rings. The maximum atomic E-state index is 11.0. The highest BCUT2D eigenvalue weighted by molar-refractivity contribution is 5.81. The third kappa shape index (κ3) is 16.4. The van der Waals surface area contributed by atoms with E-state index in [-0.39, 0.29) is 5.97 Å². The average molecular weight is 629 g/mol. The van der Waals surface area contributed by atoms with Crippen LogP contribution in [0.4, 0.5) is 0 Å². The van der Waals surface area contributed by atoms with Crippen LogP contribution in [0.25, 0.3) is 0 Å². The van der Waals surface area contributed by atoms with Crippen molar-refractivity contribution in [3.05, 3.63) is 120 Å². The third-order valence-corrected chi connectivity index (χ3v) is 7.65. The summed E-state index contributed by atoms with van der Waals surface area (Å²) in [6.07, 6.45) is 15.1. The number of ether oxygens (including phenoxy) is 3. The molecule has 0 aliphatic heterocycles. The zero-order chi connectivity index (χ0) is 32.5. The van der Waals surface area contributed by atoms with Crippen LogP contribution < -0.4 is 9.47 Å². The Bertz CT molecular complexity index is 1230. The maximum Gasteiger partial charge on any atom is 0.330 e. The Balaban J connectivity index is 1.23. The molecular weight excluding hydrogens is 576 g/mol. The first kappa shape index (κ1) is 36.6. The van der Waals surface area contributed by atoms with Gasteiger partial charge in [0.05, 0.1) is 26.4 Å². The summed E-state index contributed by atoms with van der Waals surface area (Å²) in [6.45, 7) is 9.92. The fraction of sp³-hybridized carbons (Fsp3) is 0.425. The van der Waals surface area contributed by atoms with Crippen molar-refractivity contribution in [1.29, 1.82) is 0 Å². The van der Waals surface area contributed by atoms with Crippen LogP contribution in [0.5, 0.6) is 11.5 Å². The smallest absolute Gasteiger partial charge is 0.330 e. The van der Waals surface area contributed by atoms with Gasteiger partial charge < -0.3 is 14.2 Å². The molecule has 0 amide bonds. The molecule has 0 radical (unpaired) electrons. The number of rotatable bonds is 26. The molecule has 0 aliphatic carbocycles. The minimum atomic E-state index is -0.353. The molecule has 0 aromatic heterocycles. The molecule has 0 bridgehead atoms. The van der Waals surface area contributed by atoms with Crippen molar-refractivity contribution in [3.63, 3.8) is 0 Å². The molecule has 0 saturated heterocycles. The third-order valence-electron chi connectivity index (χ3n) is 7.65. The standard InChI is InChI=1S/C40H52O6/c1-3-29-45-46-33-12-8-7-10-31-43-39-27-23-37(24-28-39)20-18-35-15-13-34(14-16-35)17-19-36-21-25-38(26-22-36)42-30-9-5-6-11-32-44-40(41)4-2/h3-4,13-16,21-28H,1-2,5-12,17-20,29-33H2. The van der Waals surface area contributed by atoms with E-state index in [1.165, 1.54) is 28.3 Å². The summed E-state index contributed by atoms with van der Waals surface area (Å²) in [5, 5.41) is 0. The summed E-state index contributed by atoms with van der Waals surface area (Å²) < 4.78 is 16.8. The monoisotopic (exact) mass is 628 g/mol. The molecule has 0 saturated carbocycles. The number of carbonyl (C=O) groups is 1. The first-order chi connectivity index (χ1) is 22.7. The van der Waals surface area contributed by atoms with E-state index < -0.39 is 0 Å². The number of benzene rings is 3. The van der Waals surface area contributed by atoms with Crippen molar-refractivity contribution >= 4 is 5.97 Å². The Morgan fingerprint density at radius 3 is 1.30 bits per heavy atom. The van der Waals surface area contributed by atoms with Crippen LogP contribution >= 0.6 is 0 Å². The van der Waals surface area contributed by atoms with Gasteiger partial charge in [-0.15, -0.1) is 6.58 Å². The van der Waals surface area contributed by atoms with E-state index in [0.29, 0.717) is 26.4 Å². The lowest BCUT2D eigenvalue weighted by Gasteiger charge is -2.09. The Hall–Kier alpha value is -3.87. The molecule has 0 spiro atoms. The first-order valence-electron chi connectivity index (χ1n) is 16.8. The summed E-state index contributed by atoms with van der Waals surface area (Å²) >= 11 is 0. The molecule has 3 rings (SSSR count). The van der Waals surface area contributed by atoms with Crippen molar-refractivity contribution in [2.75, 3.05) is 33.0 Å². The summed E-state index contributed by atoms with van der Waals surface area (Å²) in [6, 6.07) is 26.0. The molecule has 3 aromatic carbocycles. The highest BCUT2D eigenvalue weighted by Crippen LogP contribution is 2.18. The number of unbranched alkanes of at least 4 members (excludes halogenated alkanes) is 6. The predicted molar refractivity (Wildman–Crippen MR) is 185 cm³/mol.